The van der Waals surface area contributed by atoms with E-state index in [0.717, 1.165) is 28.4 Å². The molecule has 0 unspecified atom stereocenters. The average molecular weight is 387 g/mol. The minimum Gasteiger partial charge on any atom is -0.497 e. The van der Waals surface area contributed by atoms with Crippen LogP contribution < -0.4 is 10.1 Å². The zero-order valence-electron chi connectivity index (χ0n) is 14.3. The summed E-state index contributed by atoms with van der Waals surface area (Å²) in [7, 11) is 1.63. The van der Waals surface area contributed by atoms with Crippen molar-refractivity contribution < 1.29 is 9.53 Å². The third-order valence-electron chi connectivity index (χ3n) is 3.39. The molecule has 0 saturated carbocycles. The van der Waals surface area contributed by atoms with E-state index in [9.17, 15) is 4.79 Å². The second-order valence-corrected chi connectivity index (χ2v) is 7.23. The maximum atomic E-state index is 12.0. The van der Waals surface area contributed by atoms with Crippen molar-refractivity contribution in [3.8, 4) is 17.0 Å². The lowest BCUT2D eigenvalue weighted by molar-refractivity contribution is -0.113. The number of rotatable bonds is 7. The van der Waals surface area contributed by atoms with Crippen LogP contribution in [0.15, 0.2) is 41.4 Å². The van der Waals surface area contributed by atoms with Crippen molar-refractivity contribution in [3.63, 3.8) is 0 Å². The number of nitrogens with zero attached hydrogens (tertiary/aromatic N) is 4. The molecule has 9 heteroatoms. The fourth-order valence-electron chi connectivity index (χ4n) is 2.05. The molecule has 0 saturated heterocycles. The highest BCUT2D eigenvalue weighted by Crippen LogP contribution is 2.22. The number of nitrogens with one attached hydrogen (secondary N) is 1. The zero-order chi connectivity index (χ0) is 18.4. The molecule has 0 aliphatic carbocycles. The molecule has 0 atom stereocenters. The summed E-state index contributed by atoms with van der Waals surface area (Å²) in [6, 6.07) is 11.3. The quantitative estimate of drug-likeness (QED) is 0.622. The number of anilines is 1. The SMILES string of the molecule is CCc1nnc(NC(=O)CSc2ccc(-c3ccc(OC)cc3)nn2)s1. The number of amides is 1. The third kappa shape index (κ3) is 4.77. The molecule has 0 aliphatic heterocycles. The number of aromatic nitrogens is 4. The molecule has 7 nitrogen and oxygen atoms in total. The van der Waals surface area contributed by atoms with Crippen molar-refractivity contribution >= 4 is 34.1 Å². The van der Waals surface area contributed by atoms with Crippen LogP contribution in [0, 0.1) is 0 Å². The number of hydrogen-bond donors (Lipinski definition) is 1. The van der Waals surface area contributed by atoms with Crippen LogP contribution in [-0.4, -0.2) is 39.2 Å². The number of aryl methyl sites for hydroxylation is 1. The lowest BCUT2D eigenvalue weighted by Gasteiger charge is -2.04. The van der Waals surface area contributed by atoms with Crippen molar-refractivity contribution in [2.75, 3.05) is 18.2 Å². The molecule has 134 valence electrons. The molecule has 2 heterocycles. The second-order valence-electron chi connectivity index (χ2n) is 5.18. The van der Waals surface area contributed by atoms with Gasteiger partial charge in [-0.05, 0) is 42.8 Å². The van der Waals surface area contributed by atoms with Gasteiger partial charge in [0.1, 0.15) is 15.8 Å². The van der Waals surface area contributed by atoms with E-state index in [2.05, 4.69) is 25.7 Å². The molecule has 0 aliphatic rings. The molecule has 0 bridgehead atoms. The van der Waals surface area contributed by atoms with Crippen LogP contribution in [0.2, 0.25) is 0 Å². The first-order valence-corrected chi connectivity index (χ1v) is 9.71. The average Bonchev–Trinajstić information content (AvgIpc) is 3.14. The van der Waals surface area contributed by atoms with Gasteiger partial charge < -0.3 is 4.74 Å². The summed E-state index contributed by atoms with van der Waals surface area (Å²) >= 11 is 2.71. The number of hydrogen-bond acceptors (Lipinski definition) is 8. The highest BCUT2D eigenvalue weighted by Gasteiger charge is 2.09. The van der Waals surface area contributed by atoms with Gasteiger partial charge in [-0.25, -0.2) is 0 Å². The highest BCUT2D eigenvalue weighted by molar-refractivity contribution is 7.99. The molecule has 1 aromatic carbocycles. The molecule has 1 N–H and O–H groups in total. The van der Waals surface area contributed by atoms with Gasteiger partial charge in [0.2, 0.25) is 11.0 Å². The summed E-state index contributed by atoms with van der Waals surface area (Å²) in [5, 5.41) is 21.1. The van der Waals surface area contributed by atoms with E-state index in [1.54, 1.807) is 7.11 Å². The van der Waals surface area contributed by atoms with E-state index in [-0.39, 0.29) is 11.7 Å². The number of ether oxygens (including phenoxy) is 1. The van der Waals surface area contributed by atoms with Gasteiger partial charge in [-0.1, -0.05) is 30.0 Å². The summed E-state index contributed by atoms with van der Waals surface area (Å²) < 4.78 is 5.14. The van der Waals surface area contributed by atoms with Crippen molar-refractivity contribution in [1.82, 2.24) is 20.4 Å². The Balaban J connectivity index is 1.54. The monoisotopic (exact) mass is 387 g/mol. The summed E-state index contributed by atoms with van der Waals surface area (Å²) in [6.45, 7) is 2.00. The van der Waals surface area contributed by atoms with Gasteiger partial charge in [-0.3, -0.25) is 10.1 Å². The van der Waals surface area contributed by atoms with Gasteiger partial charge in [-0.15, -0.1) is 20.4 Å². The molecule has 1 amide bonds. The lowest BCUT2D eigenvalue weighted by Crippen LogP contribution is -2.14. The third-order valence-corrected chi connectivity index (χ3v) is 5.30. The van der Waals surface area contributed by atoms with Gasteiger partial charge in [0, 0.05) is 5.56 Å². The number of benzene rings is 1. The van der Waals surface area contributed by atoms with Crippen LogP contribution in [0.25, 0.3) is 11.3 Å². The van der Waals surface area contributed by atoms with Crippen LogP contribution in [0.5, 0.6) is 5.75 Å². The molecular formula is C17H17N5O2S2. The van der Waals surface area contributed by atoms with Gasteiger partial charge in [-0.2, -0.15) is 0 Å². The molecule has 2 aromatic heterocycles. The minimum absolute atomic E-state index is 0.144. The minimum atomic E-state index is -0.144. The molecule has 3 aromatic rings. The molecule has 0 spiro atoms. The zero-order valence-corrected chi connectivity index (χ0v) is 15.9. The fraction of sp³-hybridized carbons (Fsp3) is 0.235. The van der Waals surface area contributed by atoms with E-state index >= 15 is 0 Å². The Kier molecular flexibility index (Phi) is 6.13. The van der Waals surface area contributed by atoms with Crippen LogP contribution in [0.3, 0.4) is 0 Å². The van der Waals surface area contributed by atoms with E-state index in [1.807, 2.05) is 43.3 Å². The predicted octanol–water partition coefficient (Wildman–Crippen LogP) is 3.30. The Hall–Kier alpha value is -2.52. The maximum absolute atomic E-state index is 12.0. The van der Waals surface area contributed by atoms with Crippen LogP contribution in [0.1, 0.15) is 11.9 Å². The number of methoxy groups -OCH3 is 1. The first kappa shape index (κ1) is 18.3. The summed E-state index contributed by atoms with van der Waals surface area (Å²) in [5.74, 6) is 0.883. The summed E-state index contributed by atoms with van der Waals surface area (Å²) in [5.41, 5.74) is 1.72. The topological polar surface area (TPSA) is 89.9 Å². The van der Waals surface area contributed by atoms with E-state index in [1.165, 1.54) is 23.1 Å². The largest absolute Gasteiger partial charge is 0.497 e. The smallest absolute Gasteiger partial charge is 0.236 e. The summed E-state index contributed by atoms with van der Waals surface area (Å²) in [4.78, 5) is 12.0. The van der Waals surface area contributed by atoms with Crippen LogP contribution in [-0.2, 0) is 11.2 Å². The first-order valence-electron chi connectivity index (χ1n) is 7.91. The Morgan fingerprint density at radius 1 is 1.12 bits per heavy atom. The second kappa shape index (κ2) is 8.72. The Bertz CT molecular complexity index is 866. The normalized spacial score (nSPS) is 10.5. The van der Waals surface area contributed by atoms with Crippen LogP contribution >= 0.6 is 23.1 Å². The van der Waals surface area contributed by atoms with Gasteiger partial charge in [0.05, 0.1) is 18.6 Å². The van der Waals surface area contributed by atoms with Crippen molar-refractivity contribution in [1.29, 1.82) is 0 Å². The lowest BCUT2D eigenvalue weighted by atomic mass is 10.1. The van der Waals surface area contributed by atoms with Gasteiger partial charge in [0.15, 0.2) is 0 Å². The van der Waals surface area contributed by atoms with Gasteiger partial charge in [0.25, 0.3) is 0 Å². The van der Waals surface area contributed by atoms with Crippen molar-refractivity contribution in [2.24, 2.45) is 0 Å². The molecule has 3 rings (SSSR count). The highest BCUT2D eigenvalue weighted by atomic mass is 32.2. The number of carbonyl (C=O) groups excluding carboxylic acids is 1. The number of carbonyl (C=O) groups is 1. The van der Waals surface area contributed by atoms with E-state index < -0.39 is 0 Å². The Labute approximate surface area is 159 Å². The standard InChI is InChI=1S/C17H17N5O2S2/c1-3-15-20-22-17(26-15)18-14(23)10-25-16-9-8-13(19-21-16)11-4-6-12(24-2)7-5-11/h4-9H,3,10H2,1-2H3,(H,18,22,23). The Morgan fingerprint density at radius 3 is 2.54 bits per heavy atom. The predicted molar refractivity (Wildman–Crippen MR) is 103 cm³/mol. The molecule has 0 radical (unpaired) electrons. The molecular weight excluding hydrogens is 370 g/mol. The first-order chi connectivity index (χ1) is 12.7. The van der Waals surface area contributed by atoms with E-state index in [0.29, 0.717) is 10.2 Å². The fourth-order valence-corrected chi connectivity index (χ4v) is 3.36. The summed E-state index contributed by atoms with van der Waals surface area (Å²) in [6.07, 6.45) is 0.804. The van der Waals surface area contributed by atoms with Crippen molar-refractivity contribution in [2.45, 2.75) is 18.4 Å². The van der Waals surface area contributed by atoms with Crippen LogP contribution in [0.4, 0.5) is 5.13 Å². The maximum Gasteiger partial charge on any atom is 0.236 e. The molecule has 0 fully saturated rings. The van der Waals surface area contributed by atoms with E-state index in [4.69, 9.17) is 4.74 Å². The number of thioether (sulfide) groups is 1. The Morgan fingerprint density at radius 2 is 1.92 bits per heavy atom. The van der Waals surface area contributed by atoms with Crippen molar-refractivity contribution in [3.05, 3.63) is 41.4 Å². The molecule has 26 heavy (non-hydrogen) atoms. The van der Waals surface area contributed by atoms with Gasteiger partial charge >= 0.3 is 0 Å².